The van der Waals surface area contributed by atoms with Gasteiger partial charge in [0, 0.05) is 16.9 Å². The number of phenolic OH excluding ortho intramolecular Hbond substituents is 1. The van der Waals surface area contributed by atoms with E-state index in [1.807, 2.05) is 20.8 Å². The Morgan fingerprint density at radius 2 is 1.95 bits per heavy atom. The second kappa shape index (κ2) is 4.97. The number of aromatic hydroxyl groups is 1. The van der Waals surface area contributed by atoms with Gasteiger partial charge in [-0.25, -0.2) is 0 Å². The number of halogens is 1. The van der Waals surface area contributed by atoms with Crippen LogP contribution >= 0.6 is 11.6 Å². The highest BCUT2D eigenvalue weighted by atomic mass is 35.5. The first-order valence-electron chi connectivity index (χ1n) is 6.56. The predicted molar refractivity (Wildman–Crippen MR) is 75.9 cm³/mol. The average Bonchev–Trinajstić information content (AvgIpc) is 2.66. The summed E-state index contributed by atoms with van der Waals surface area (Å²) in [4.78, 5) is 0. The summed E-state index contributed by atoms with van der Waals surface area (Å²) in [7, 11) is 0. The van der Waals surface area contributed by atoms with Gasteiger partial charge in [-0.15, -0.1) is 11.6 Å². The van der Waals surface area contributed by atoms with Crippen LogP contribution in [0.4, 0.5) is 0 Å². The van der Waals surface area contributed by atoms with E-state index in [1.165, 1.54) is 0 Å². The molecule has 0 aliphatic heterocycles. The number of rotatable bonds is 3. The van der Waals surface area contributed by atoms with E-state index in [-0.39, 0.29) is 12.4 Å². The average molecular weight is 285 g/mol. The van der Waals surface area contributed by atoms with Gasteiger partial charge in [0.15, 0.2) is 0 Å². The molecule has 0 bridgehead atoms. The van der Waals surface area contributed by atoms with Crippen molar-refractivity contribution in [2.45, 2.75) is 39.7 Å². The van der Waals surface area contributed by atoms with Gasteiger partial charge in [0.05, 0.1) is 12.7 Å². The number of alkyl halides is 1. The molecular weight excluding hydrogens is 264 g/mol. The Hall–Kier alpha value is -0.770. The smallest absolute Gasteiger partial charge is 0.122 e. The van der Waals surface area contributed by atoms with Crippen LogP contribution in [0.2, 0.25) is 0 Å². The maximum absolute atomic E-state index is 10.5. The third-order valence-electron chi connectivity index (χ3n) is 4.50. The van der Waals surface area contributed by atoms with Crippen LogP contribution in [0.5, 0.6) is 5.75 Å². The molecule has 0 aromatic heterocycles. The maximum Gasteiger partial charge on any atom is 0.122 e. The van der Waals surface area contributed by atoms with Crippen molar-refractivity contribution < 1.29 is 15.3 Å². The van der Waals surface area contributed by atoms with E-state index < -0.39 is 11.5 Å². The van der Waals surface area contributed by atoms with E-state index in [1.54, 1.807) is 0 Å². The molecule has 0 spiro atoms. The monoisotopic (exact) mass is 284 g/mol. The lowest BCUT2D eigenvalue weighted by molar-refractivity contribution is 0.00749. The van der Waals surface area contributed by atoms with E-state index in [9.17, 15) is 15.3 Å². The molecular formula is C15H21ClO3. The molecule has 1 aromatic rings. The summed E-state index contributed by atoms with van der Waals surface area (Å²) in [6, 6.07) is 0. The van der Waals surface area contributed by atoms with Crippen LogP contribution in [-0.2, 0) is 12.8 Å². The van der Waals surface area contributed by atoms with Crippen molar-refractivity contribution in [1.29, 1.82) is 0 Å². The molecule has 0 radical (unpaired) electrons. The van der Waals surface area contributed by atoms with Gasteiger partial charge in [-0.3, -0.25) is 0 Å². The molecule has 2 atom stereocenters. The van der Waals surface area contributed by atoms with Crippen LogP contribution in [0.3, 0.4) is 0 Å². The number of hydrogen-bond acceptors (Lipinski definition) is 3. The second-order valence-corrected chi connectivity index (χ2v) is 6.18. The van der Waals surface area contributed by atoms with Gasteiger partial charge in [0.25, 0.3) is 0 Å². The van der Waals surface area contributed by atoms with Gasteiger partial charge in [-0.2, -0.15) is 0 Å². The molecule has 0 saturated heterocycles. The first-order chi connectivity index (χ1) is 8.87. The van der Waals surface area contributed by atoms with E-state index in [0.717, 1.165) is 27.8 Å². The third-order valence-corrected chi connectivity index (χ3v) is 4.68. The van der Waals surface area contributed by atoms with Crippen molar-refractivity contribution >= 4 is 11.6 Å². The zero-order valence-corrected chi connectivity index (χ0v) is 12.4. The molecule has 3 nitrogen and oxygen atoms in total. The highest BCUT2D eigenvalue weighted by Gasteiger charge is 2.44. The Kier molecular flexibility index (Phi) is 3.83. The molecule has 0 saturated carbocycles. The number of benzene rings is 1. The molecule has 0 amide bonds. The second-order valence-electron chi connectivity index (χ2n) is 5.80. The largest absolute Gasteiger partial charge is 0.507 e. The van der Waals surface area contributed by atoms with Crippen molar-refractivity contribution in [1.82, 2.24) is 0 Å². The standard InChI is InChI=1S/C15H21ClO3/c1-8-10(4-5-16)9(2)13(18)11-6-15(3,7-17)14(19)12(8)11/h14,17-19H,4-7H2,1-3H3/t14-,15+/m1/s1. The molecule has 1 aromatic carbocycles. The summed E-state index contributed by atoms with van der Waals surface area (Å²) < 4.78 is 0. The fourth-order valence-corrected chi connectivity index (χ4v) is 3.37. The SMILES string of the molecule is Cc1c(O)c2c(c(C)c1CCCl)[C@@H](O)[C@](C)(CO)C2. The van der Waals surface area contributed by atoms with Crippen molar-refractivity contribution in [3.8, 4) is 5.75 Å². The van der Waals surface area contributed by atoms with E-state index in [4.69, 9.17) is 11.6 Å². The van der Waals surface area contributed by atoms with Gasteiger partial charge >= 0.3 is 0 Å². The minimum Gasteiger partial charge on any atom is -0.507 e. The molecule has 3 N–H and O–H groups in total. The number of aliphatic hydroxyl groups excluding tert-OH is 2. The fourth-order valence-electron chi connectivity index (χ4n) is 3.18. The van der Waals surface area contributed by atoms with E-state index in [2.05, 4.69) is 0 Å². The topological polar surface area (TPSA) is 60.7 Å². The molecule has 1 aliphatic rings. The molecule has 1 aliphatic carbocycles. The summed E-state index contributed by atoms with van der Waals surface area (Å²) in [5.74, 6) is 0.727. The molecule has 0 heterocycles. The lowest BCUT2D eigenvalue weighted by Gasteiger charge is -2.26. The molecule has 19 heavy (non-hydrogen) atoms. The Morgan fingerprint density at radius 3 is 2.47 bits per heavy atom. The number of aliphatic hydroxyl groups is 2. The molecule has 0 fully saturated rings. The van der Waals surface area contributed by atoms with E-state index in [0.29, 0.717) is 18.7 Å². The number of fused-ring (bicyclic) bond motifs is 1. The number of hydrogen-bond donors (Lipinski definition) is 3. The highest BCUT2D eigenvalue weighted by Crippen LogP contribution is 2.51. The van der Waals surface area contributed by atoms with Gasteiger partial charge in [0.1, 0.15) is 5.75 Å². The fraction of sp³-hybridized carbons (Fsp3) is 0.600. The lowest BCUT2D eigenvalue weighted by atomic mass is 9.85. The zero-order chi connectivity index (χ0) is 14.4. The third kappa shape index (κ3) is 2.04. The molecule has 2 rings (SSSR count). The Labute approximate surface area is 118 Å². The van der Waals surface area contributed by atoms with Gasteiger partial charge in [0.2, 0.25) is 0 Å². The lowest BCUT2D eigenvalue weighted by Crippen LogP contribution is -2.26. The Bertz CT molecular complexity index is 513. The Balaban J connectivity index is 2.66. The van der Waals surface area contributed by atoms with Crippen molar-refractivity contribution in [2.24, 2.45) is 5.41 Å². The van der Waals surface area contributed by atoms with Crippen molar-refractivity contribution in [3.05, 3.63) is 27.8 Å². The quantitative estimate of drug-likeness (QED) is 0.747. The van der Waals surface area contributed by atoms with Crippen LogP contribution in [0.1, 0.15) is 40.8 Å². The minimum atomic E-state index is -0.743. The van der Waals surface area contributed by atoms with Crippen LogP contribution in [0.15, 0.2) is 0 Å². The molecule has 0 unspecified atom stereocenters. The van der Waals surface area contributed by atoms with Crippen LogP contribution in [0.25, 0.3) is 0 Å². The minimum absolute atomic E-state index is 0.106. The van der Waals surface area contributed by atoms with Crippen LogP contribution in [0, 0.1) is 19.3 Å². The highest BCUT2D eigenvalue weighted by molar-refractivity contribution is 6.18. The summed E-state index contributed by atoms with van der Waals surface area (Å²) >= 11 is 5.82. The first kappa shape index (κ1) is 14.6. The normalized spacial score (nSPS) is 25.7. The molecule has 4 heteroatoms. The van der Waals surface area contributed by atoms with Gasteiger partial charge < -0.3 is 15.3 Å². The van der Waals surface area contributed by atoms with Gasteiger partial charge in [-0.1, -0.05) is 6.92 Å². The maximum atomic E-state index is 10.5. The molecule has 106 valence electrons. The Morgan fingerprint density at radius 1 is 1.32 bits per heavy atom. The van der Waals surface area contributed by atoms with Crippen molar-refractivity contribution in [2.75, 3.05) is 12.5 Å². The number of phenols is 1. The summed E-state index contributed by atoms with van der Waals surface area (Å²) in [6.07, 6.45) is 0.421. The van der Waals surface area contributed by atoms with Crippen molar-refractivity contribution in [3.63, 3.8) is 0 Å². The van der Waals surface area contributed by atoms with E-state index >= 15 is 0 Å². The summed E-state index contributed by atoms with van der Waals surface area (Å²) in [5.41, 5.74) is 3.78. The summed E-state index contributed by atoms with van der Waals surface area (Å²) in [6.45, 7) is 5.57. The van der Waals surface area contributed by atoms with Crippen LogP contribution in [-0.4, -0.2) is 27.8 Å². The van der Waals surface area contributed by atoms with Crippen LogP contribution < -0.4 is 0 Å². The van der Waals surface area contributed by atoms with Gasteiger partial charge in [-0.05, 0) is 48.9 Å². The zero-order valence-electron chi connectivity index (χ0n) is 11.6. The predicted octanol–water partition coefficient (Wildman–Crippen LogP) is 2.38. The summed E-state index contributed by atoms with van der Waals surface area (Å²) in [5, 5.41) is 30.4. The first-order valence-corrected chi connectivity index (χ1v) is 7.09.